The molecule has 0 spiro atoms. The van der Waals surface area contributed by atoms with Gasteiger partial charge in [-0.3, -0.25) is 9.89 Å². The highest BCUT2D eigenvalue weighted by molar-refractivity contribution is 7.90. The van der Waals surface area contributed by atoms with Crippen LogP contribution in [0, 0.1) is 0 Å². The van der Waals surface area contributed by atoms with Crippen LogP contribution in [0.3, 0.4) is 0 Å². The molecule has 8 nitrogen and oxygen atoms in total. The summed E-state index contributed by atoms with van der Waals surface area (Å²) < 4.78 is 31.4. The highest BCUT2D eigenvalue weighted by Gasteiger charge is 2.42. The molecule has 0 aromatic carbocycles. The van der Waals surface area contributed by atoms with E-state index in [1.54, 1.807) is 11.4 Å². The number of aromatic nitrogens is 2. The predicted octanol–water partition coefficient (Wildman–Crippen LogP) is 0.458. The van der Waals surface area contributed by atoms with Crippen LogP contribution in [-0.4, -0.2) is 67.4 Å². The fraction of sp³-hybridized carbons (Fsp3) is 0.733. The second-order valence-electron chi connectivity index (χ2n) is 6.39. The summed E-state index contributed by atoms with van der Waals surface area (Å²) in [6.07, 6.45) is 4.67. The van der Waals surface area contributed by atoms with Gasteiger partial charge < -0.3 is 10.1 Å². The first kappa shape index (κ1) is 17.4. The second kappa shape index (κ2) is 7.20. The van der Waals surface area contributed by atoms with E-state index in [0.717, 1.165) is 31.4 Å². The number of amides is 1. The Bertz CT molecular complexity index is 683. The number of hydrogen-bond acceptors (Lipinski definition) is 5. The maximum atomic E-state index is 12.5. The minimum atomic E-state index is -3.18. The predicted molar refractivity (Wildman–Crippen MR) is 88.3 cm³/mol. The van der Waals surface area contributed by atoms with Crippen molar-refractivity contribution >= 4 is 15.9 Å². The monoisotopic (exact) mass is 356 g/mol. The van der Waals surface area contributed by atoms with Gasteiger partial charge in [0.1, 0.15) is 0 Å². The van der Waals surface area contributed by atoms with Gasteiger partial charge in [-0.05, 0) is 25.7 Å². The summed E-state index contributed by atoms with van der Waals surface area (Å²) in [6.45, 7) is 1.85. The van der Waals surface area contributed by atoms with E-state index in [4.69, 9.17) is 4.74 Å². The number of nitrogens with zero attached hydrogens (tertiary/aromatic N) is 2. The molecule has 2 N–H and O–H groups in total. The largest absolute Gasteiger partial charge is 0.383 e. The number of sulfonamides is 1. The van der Waals surface area contributed by atoms with Crippen molar-refractivity contribution < 1.29 is 17.9 Å². The SMILES string of the molecule is COCCNC(=O)c1cn[nH]c1C1CCCN(S(=O)(=O)C2CC2)C1. The van der Waals surface area contributed by atoms with Gasteiger partial charge in [0.2, 0.25) is 10.0 Å². The third kappa shape index (κ3) is 3.62. The maximum absolute atomic E-state index is 12.5. The zero-order valence-electron chi connectivity index (χ0n) is 13.8. The van der Waals surface area contributed by atoms with Gasteiger partial charge in [-0.2, -0.15) is 5.10 Å². The van der Waals surface area contributed by atoms with Crippen molar-refractivity contribution in [3.8, 4) is 0 Å². The lowest BCUT2D eigenvalue weighted by Crippen LogP contribution is -2.41. The third-order valence-corrected chi connectivity index (χ3v) is 6.97. The molecular formula is C15H24N4O4S. The summed E-state index contributed by atoms with van der Waals surface area (Å²) >= 11 is 0. The molecule has 2 fully saturated rings. The van der Waals surface area contributed by atoms with Crippen molar-refractivity contribution in [3.63, 3.8) is 0 Å². The average molecular weight is 356 g/mol. The van der Waals surface area contributed by atoms with Gasteiger partial charge in [0, 0.05) is 32.7 Å². The Kier molecular flexibility index (Phi) is 5.21. The van der Waals surface area contributed by atoms with E-state index in [1.807, 2.05) is 0 Å². The van der Waals surface area contributed by atoms with Crippen LogP contribution in [0.15, 0.2) is 6.20 Å². The molecule has 1 atom stereocenters. The molecule has 2 aliphatic rings. The Balaban J connectivity index is 1.70. The molecule has 1 saturated carbocycles. The number of nitrogens with one attached hydrogen (secondary N) is 2. The molecule has 0 bridgehead atoms. The summed E-state index contributed by atoms with van der Waals surface area (Å²) in [6, 6.07) is 0. The molecule has 3 rings (SSSR count). The van der Waals surface area contributed by atoms with E-state index in [0.29, 0.717) is 31.8 Å². The zero-order chi connectivity index (χ0) is 17.2. The lowest BCUT2D eigenvalue weighted by molar-refractivity contribution is 0.0935. The van der Waals surface area contributed by atoms with Crippen molar-refractivity contribution in [1.82, 2.24) is 19.8 Å². The van der Waals surface area contributed by atoms with Crippen LogP contribution in [0.5, 0.6) is 0 Å². The van der Waals surface area contributed by atoms with E-state index >= 15 is 0 Å². The fourth-order valence-electron chi connectivity index (χ4n) is 3.14. The summed E-state index contributed by atoms with van der Waals surface area (Å²) in [4.78, 5) is 12.3. The number of ether oxygens (including phenoxy) is 1. The Morgan fingerprint density at radius 1 is 1.46 bits per heavy atom. The lowest BCUT2D eigenvalue weighted by Gasteiger charge is -2.31. The Hall–Kier alpha value is -1.45. The van der Waals surface area contributed by atoms with Crippen molar-refractivity contribution in [1.29, 1.82) is 0 Å². The van der Waals surface area contributed by atoms with Crippen LogP contribution in [0.4, 0.5) is 0 Å². The smallest absolute Gasteiger partial charge is 0.254 e. The topological polar surface area (TPSA) is 104 Å². The summed E-state index contributed by atoms with van der Waals surface area (Å²) in [7, 11) is -1.61. The Morgan fingerprint density at radius 3 is 2.96 bits per heavy atom. The molecule has 1 aromatic heterocycles. The first-order valence-electron chi connectivity index (χ1n) is 8.33. The normalized spacial score (nSPS) is 22.5. The number of piperidine rings is 1. The van der Waals surface area contributed by atoms with Gasteiger partial charge in [-0.25, -0.2) is 12.7 Å². The maximum Gasteiger partial charge on any atom is 0.254 e. The van der Waals surface area contributed by atoms with Gasteiger partial charge in [0.05, 0.1) is 29.3 Å². The molecule has 1 aliphatic heterocycles. The van der Waals surface area contributed by atoms with Crippen molar-refractivity contribution in [2.75, 3.05) is 33.4 Å². The molecule has 1 aromatic rings. The van der Waals surface area contributed by atoms with Crippen LogP contribution < -0.4 is 5.32 Å². The molecule has 134 valence electrons. The van der Waals surface area contributed by atoms with Crippen LogP contribution in [0.2, 0.25) is 0 Å². The van der Waals surface area contributed by atoms with Gasteiger partial charge >= 0.3 is 0 Å². The standard InChI is InChI=1S/C15H24N4O4S/c1-23-8-6-16-15(20)13-9-17-18-14(13)11-3-2-7-19(10-11)24(21,22)12-4-5-12/h9,11-12H,2-8,10H2,1H3,(H,16,20)(H,17,18). The molecule has 1 unspecified atom stereocenters. The Morgan fingerprint density at radius 2 is 2.25 bits per heavy atom. The second-order valence-corrected chi connectivity index (χ2v) is 8.60. The number of carbonyl (C=O) groups excluding carboxylic acids is 1. The highest BCUT2D eigenvalue weighted by atomic mass is 32.2. The molecule has 1 saturated heterocycles. The van der Waals surface area contributed by atoms with Crippen LogP contribution >= 0.6 is 0 Å². The molecule has 9 heteroatoms. The summed E-state index contributed by atoms with van der Waals surface area (Å²) in [5.74, 6) is -0.240. The van der Waals surface area contributed by atoms with E-state index < -0.39 is 10.0 Å². The van der Waals surface area contributed by atoms with Crippen LogP contribution in [0.25, 0.3) is 0 Å². The minimum Gasteiger partial charge on any atom is -0.383 e. The number of aromatic amines is 1. The Labute approximate surface area is 142 Å². The first-order chi connectivity index (χ1) is 11.5. The average Bonchev–Trinajstić information content (AvgIpc) is 3.33. The molecule has 1 amide bonds. The molecule has 1 aliphatic carbocycles. The lowest BCUT2D eigenvalue weighted by atomic mass is 9.93. The summed E-state index contributed by atoms with van der Waals surface area (Å²) in [5, 5.41) is 9.48. The number of carbonyl (C=O) groups is 1. The molecule has 0 radical (unpaired) electrons. The van der Waals surface area contributed by atoms with E-state index in [1.165, 1.54) is 6.20 Å². The minimum absolute atomic E-state index is 0.0297. The van der Waals surface area contributed by atoms with Gasteiger partial charge in [0.25, 0.3) is 5.91 Å². The molecule has 2 heterocycles. The fourth-order valence-corrected chi connectivity index (χ4v) is 5.06. The summed E-state index contributed by atoms with van der Waals surface area (Å²) in [5.41, 5.74) is 1.21. The van der Waals surface area contributed by atoms with Gasteiger partial charge in [0.15, 0.2) is 0 Å². The number of methoxy groups -OCH3 is 1. The van der Waals surface area contributed by atoms with E-state index in [9.17, 15) is 13.2 Å². The quantitative estimate of drug-likeness (QED) is 0.691. The van der Waals surface area contributed by atoms with Crippen LogP contribution in [-0.2, 0) is 14.8 Å². The third-order valence-electron chi connectivity index (χ3n) is 4.60. The molecule has 24 heavy (non-hydrogen) atoms. The van der Waals surface area contributed by atoms with Gasteiger partial charge in [-0.1, -0.05) is 0 Å². The zero-order valence-corrected chi connectivity index (χ0v) is 14.6. The first-order valence-corrected chi connectivity index (χ1v) is 9.83. The van der Waals surface area contributed by atoms with E-state index in [2.05, 4.69) is 15.5 Å². The number of H-pyrrole nitrogens is 1. The van der Waals surface area contributed by atoms with Crippen molar-refractivity contribution in [3.05, 3.63) is 17.5 Å². The van der Waals surface area contributed by atoms with Crippen LogP contribution in [0.1, 0.15) is 47.7 Å². The van der Waals surface area contributed by atoms with Crippen molar-refractivity contribution in [2.45, 2.75) is 36.9 Å². The number of hydrogen-bond donors (Lipinski definition) is 2. The van der Waals surface area contributed by atoms with Gasteiger partial charge in [-0.15, -0.1) is 0 Å². The number of rotatable bonds is 7. The van der Waals surface area contributed by atoms with E-state index in [-0.39, 0.29) is 17.1 Å². The highest BCUT2D eigenvalue weighted by Crippen LogP contribution is 2.35. The molecular weight excluding hydrogens is 332 g/mol. The van der Waals surface area contributed by atoms with Crippen molar-refractivity contribution in [2.24, 2.45) is 0 Å².